The van der Waals surface area contributed by atoms with E-state index in [-0.39, 0.29) is 29.4 Å². The molecule has 0 saturated carbocycles. The molecule has 0 spiro atoms. The van der Waals surface area contributed by atoms with E-state index in [1.54, 1.807) is 24.3 Å². The molecule has 0 atom stereocenters. The average molecular weight is 526 g/mol. The topological polar surface area (TPSA) is 66.8 Å². The van der Waals surface area contributed by atoms with Crippen molar-refractivity contribution in [2.24, 2.45) is 0 Å². The molecule has 0 aliphatic carbocycles. The minimum absolute atomic E-state index is 0.00928. The molecule has 0 fully saturated rings. The molecule has 3 aromatic rings. The molecule has 0 radical (unpaired) electrons. The third kappa shape index (κ3) is 8.04. The first kappa shape index (κ1) is 27.6. The number of nitrogens with zero attached hydrogens (tertiary/aromatic N) is 1. The molecule has 0 amide bonds. The fourth-order valence-electron chi connectivity index (χ4n) is 3.74. The van der Waals surface area contributed by atoms with Gasteiger partial charge in [0.05, 0.1) is 23.7 Å². The second-order valence-electron chi connectivity index (χ2n) is 8.44. The van der Waals surface area contributed by atoms with E-state index in [0.29, 0.717) is 30.8 Å². The maximum Gasteiger partial charge on any atom is 0.416 e. The molecule has 3 aromatic carbocycles. The SMILES string of the molecule is CS(=O)(=O)c1cc(OCCCN(Cc2ccc(F)cc2)Cc2cccc(C(F)(F)F)c2)ccc1CO. The van der Waals surface area contributed by atoms with Gasteiger partial charge in [0.2, 0.25) is 0 Å². The quantitative estimate of drug-likeness (QED) is 0.275. The molecule has 0 heterocycles. The van der Waals surface area contributed by atoms with Crippen LogP contribution in [-0.4, -0.2) is 37.8 Å². The lowest BCUT2D eigenvalue weighted by Gasteiger charge is -2.23. The highest BCUT2D eigenvalue weighted by molar-refractivity contribution is 7.90. The van der Waals surface area contributed by atoms with Crippen molar-refractivity contribution in [3.05, 3.63) is 94.8 Å². The van der Waals surface area contributed by atoms with Crippen LogP contribution in [0.1, 0.15) is 28.7 Å². The lowest BCUT2D eigenvalue weighted by atomic mass is 10.1. The van der Waals surface area contributed by atoms with Gasteiger partial charge in [0.25, 0.3) is 0 Å². The number of sulfone groups is 1. The minimum Gasteiger partial charge on any atom is -0.494 e. The molecular formula is C26H27F4NO4S. The highest BCUT2D eigenvalue weighted by Gasteiger charge is 2.30. The van der Waals surface area contributed by atoms with E-state index in [1.165, 1.54) is 30.3 Å². The van der Waals surface area contributed by atoms with Gasteiger partial charge in [0, 0.05) is 25.9 Å². The van der Waals surface area contributed by atoms with Gasteiger partial charge in [-0.1, -0.05) is 36.4 Å². The first-order valence-corrected chi connectivity index (χ1v) is 13.0. The summed E-state index contributed by atoms with van der Waals surface area (Å²) in [6, 6.07) is 15.5. The molecule has 0 aliphatic rings. The smallest absolute Gasteiger partial charge is 0.416 e. The summed E-state index contributed by atoms with van der Waals surface area (Å²) in [7, 11) is -3.55. The number of ether oxygens (including phenoxy) is 1. The number of rotatable bonds is 11. The normalized spacial score (nSPS) is 12.2. The number of halogens is 4. The van der Waals surface area contributed by atoms with Crippen LogP contribution in [0.25, 0.3) is 0 Å². The molecule has 5 nitrogen and oxygen atoms in total. The van der Waals surface area contributed by atoms with Gasteiger partial charge in [-0.15, -0.1) is 0 Å². The van der Waals surface area contributed by atoms with E-state index in [2.05, 4.69) is 0 Å². The van der Waals surface area contributed by atoms with Crippen molar-refractivity contribution in [3.8, 4) is 5.75 Å². The molecule has 0 bridgehead atoms. The summed E-state index contributed by atoms with van der Waals surface area (Å²) in [6.45, 7) is 0.896. The van der Waals surface area contributed by atoms with Crippen LogP contribution in [0.5, 0.6) is 5.75 Å². The first-order chi connectivity index (χ1) is 17.0. The van der Waals surface area contributed by atoms with Crippen LogP contribution >= 0.6 is 0 Å². The molecule has 0 unspecified atom stereocenters. The molecule has 0 aromatic heterocycles. The molecular weight excluding hydrogens is 498 g/mol. The largest absolute Gasteiger partial charge is 0.494 e. The zero-order chi connectivity index (χ0) is 26.3. The number of aliphatic hydroxyl groups excluding tert-OH is 1. The molecule has 1 N–H and O–H groups in total. The second-order valence-corrected chi connectivity index (χ2v) is 10.4. The van der Waals surface area contributed by atoms with Gasteiger partial charge in [0.1, 0.15) is 11.6 Å². The summed E-state index contributed by atoms with van der Waals surface area (Å²) in [5.41, 5.74) is 0.849. The highest BCUT2D eigenvalue weighted by Crippen LogP contribution is 2.30. The Bertz CT molecular complexity index is 1260. The zero-order valence-electron chi connectivity index (χ0n) is 19.6. The number of hydrogen-bond acceptors (Lipinski definition) is 5. The van der Waals surface area contributed by atoms with Crippen LogP contribution in [0.15, 0.2) is 71.6 Å². The van der Waals surface area contributed by atoms with E-state index in [0.717, 1.165) is 24.0 Å². The lowest BCUT2D eigenvalue weighted by Crippen LogP contribution is -2.25. The number of aliphatic hydroxyl groups is 1. The number of benzene rings is 3. The van der Waals surface area contributed by atoms with Crippen molar-refractivity contribution in [2.45, 2.75) is 37.2 Å². The van der Waals surface area contributed by atoms with E-state index in [9.17, 15) is 31.1 Å². The number of hydrogen-bond donors (Lipinski definition) is 1. The predicted octanol–water partition coefficient (Wildman–Crippen LogP) is 5.21. The van der Waals surface area contributed by atoms with E-state index >= 15 is 0 Å². The summed E-state index contributed by atoms with van der Waals surface area (Å²) < 4.78 is 82.3. The van der Waals surface area contributed by atoms with E-state index in [1.807, 2.05) is 4.90 Å². The van der Waals surface area contributed by atoms with Gasteiger partial charge in [-0.2, -0.15) is 13.2 Å². The van der Waals surface area contributed by atoms with E-state index in [4.69, 9.17) is 4.74 Å². The molecule has 194 valence electrons. The Balaban J connectivity index is 1.68. The zero-order valence-corrected chi connectivity index (χ0v) is 20.4. The van der Waals surface area contributed by atoms with Crippen molar-refractivity contribution < 1.29 is 35.8 Å². The van der Waals surface area contributed by atoms with Crippen LogP contribution in [0.2, 0.25) is 0 Å². The summed E-state index contributed by atoms with van der Waals surface area (Å²) in [4.78, 5) is 1.92. The van der Waals surface area contributed by atoms with Crippen LogP contribution in [0.4, 0.5) is 17.6 Å². The van der Waals surface area contributed by atoms with Gasteiger partial charge in [-0.05, 0) is 53.4 Å². The van der Waals surface area contributed by atoms with Crippen LogP contribution < -0.4 is 4.74 Å². The first-order valence-electron chi connectivity index (χ1n) is 11.2. The monoisotopic (exact) mass is 525 g/mol. The fourth-order valence-corrected chi connectivity index (χ4v) is 4.68. The molecule has 0 aliphatic heterocycles. The average Bonchev–Trinajstić information content (AvgIpc) is 2.82. The Morgan fingerprint density at radius 2 is 1.64 bits per heavy atom. The molecule has 0 saturated heterocycles. The molecule has 10 heteroatoms. The Morgan fingerprint density at radius 3 is 2.28 bits per heavy atom. The van der Waals surface area contributed by atoms with Gasteiger partial charge in [-0.3, -0.25) is 4.90 Å². The fraction of sp³-hybridized carbons (Fsp3) is 0.308. The van der Waals surface area contributed by atoms with Crippen molar-refractivity contribution in [1.29, 1.82) is 0 Å². The Labute approximate surface area is 207 Å². The maximum absolute atomic E-state index is 13.3. The van der Waals surface area contributed by atoms with Gasteiger partial charge in [-0.25, -0.2) is 12.8 Å². The Morgan fingerprint density at radius 1 is 0.944 bits per heavy atom. The van der Waals surface area contributed by atoms with Crippen LogP contribution in [-0.2, 0) is 35.7 Å². The van der Waals surface area contributed by atoms with Crippen LogP contribution in [0.3, 0.4) is 0 Å². The van der Waals surface area contributed by atoms with E-state index < -0.39 is 28.2 Å². The second kappa shape index (κ2) is 11.9. The third-order valence-electron chi connectivity index (χ3n) is 5.48. The summed E-state index contributed by atoms with van der Waals surface area (Å²) in [5.74, 6) is -0.0483. The molecule has 3 rings (SSSR count). The highest BCUT2D eigenvalue weighted by atomic mass is 32.2. The van der Waals surface area contributed by atoms with Gasteiger partial charge >= 0.3 is 6.18 Å². The Hall–Kier alpha value is -2.95. The number of alkyl halides is 3. The summed E-state index contributed by atoms with van der Waals surface area (Å²) >= 11 is 0. The van der Waals surface area contributed by atoms with Crippen LogP contribution in [0, 0.1) is 5.82 Å². The van der Waals surface area contributed by atoms with Gasteiger partial charge in [0.15, 0.2) is 9.84 Å². The minimum atomic E-state index is -4.44. The van der Waals surface area contributed by atoms with Crippen molar-refractivity contribution >= 4 is 9.84 Å². The lowest BCUT2D eigenvalue weighted by molar-refractivity contribution is -0.137. The van der Waals surface area contributed by atoms with Crippen molar-refractivity contribution in [1.82, 2.24) is 4.90 Å². The molecule has 36 heavy (non-hydrogen) atoms. The summed E-state index contributed by atoms with van der Waals surface area (Å²) in [5, 5.41) is 9.37. The van der Waals surface area contributed by atoms with Gasteiger partial charge < -0.3 is 9.84 Å². The Kier molecular flexibility index (Phi) is 9.10. The maximum atomic E-state index is 13.3. The predicted molar refractivity (Wildman–Crippen MR) is 128 cm³/mol. The standard InChI is InChI=1S/C26H27F4NO4S/c1-36(33,34)25-15-24(11-8-21(25)18-32)35-13-3-12-31(16-19-6-9-23(27)10-7-19)17-20-4-2-5-22(14-20)26(28,29)30/h2,4-11,14-15,32H,3,12-13,16-18H2,1H3. The summed E-state index contributed by atoms with van der Waals surface area (Å²) in [6.07, 6.45) is -2.90. The van der Waals surface area contributed by atoms with Crippen molar-refractivity contribution in [3.63, 3.8) is 0 Å². The third-order valence-corrected chi connectivity index (χ3v) is 6.65. The van der Waals surface area contributed by atoms with Crippen molar-refractivity contribution in [2.75, 3.05) is 19.4 Å².